The molecule has 1 fully saturated rings. The normalized spacial score (nSPS) is 20.7. The number of hydrogen-bond donors (Lipinski definition) is 3. The van der Waals surface area contributed by atoms with Gasteiger partial charge in [-0.3, -0.25) is 4.79 Å². The number of primary amides is 1. The van der Waals surface area contributed by atoms with Crippen LogP contribution in [0.15, 0.2) is 18.2 Å². The number of carbonyl (C=O) groups excluding carboxylic acids is 2. The van der Waals surface area contributed by atoms with E-state index < -0.39 is 6.09 Å². The van der Waals surface area contributed by atoms with Crippen molar-refractivity contribution in [3.05, 3.63) is 24.0 Å². The van der Waals surface area contributed by atoms with Crippen LogP contribution >= 0.6 is 0 Å². The highest BCUT2D eigenvalue weighted by molar-refractivity contribution is 5.84. The van der Waals surface area contributed by atoms with Gasteiger partial charge in [-0.1, -0.05) is 6.07 Å². The van der Waals surface area contributed by atoms with Gasteiger partial charge in [0, 0.05) is 5.92 Å². The fourth-order valence-electron chi connectivity index (χ4n) is 3.00. The van der Waals surface area contributed by atoms with Crippen LogP contribution in [0.1, 0.15) is 31.5 Å². The minimum absolute atomic E-state index is 0.0921. The lowest BCUT2D eigenvalue weighted by Gasteiger charge is -2.27. The summed E-state index contributed by atoms with van der Waals surface area (Å²) in [5.74, 6) is 0.935. The minimum Gasteiger partial charge on any atom is -0.465 e. The zero-order valence-electron chi connectivity index (χ0n) is 13.4. The summed E-state index contributed by atoms with van der Waals surface area (Å²) in [5.41, 5.74) is 6.40. The monoisotopic (exact) mass is 332 g/mol. The molecule has 0 aliphatic carbocycles. The first-order chi connectivity index (χ1) is 11.6. The van der Waals surface area contributed by atoms with E-state index in [-0.39, 0.29) is 17.9 Å². The first-order valence-corrected chi connectivity index (χ1v) is 7.94. The van der Waals surface area contributed by atoms with E-state index in [1.807, 2.05) is 6.07 Å². The molecule has 4 N–H and O–H groups in total. The van der Waals surface area contributed by atoms with E-state index >= 15 is 0 Å². The van der Waals surface area contributed by atoms with Crippen LogP contribution in [-0.2, 0) is 9.53 Å². The summed E-state index contributed by atoms with van der Waals surface area (Å²) in [4.78, 5) is 30.7. The Balaban J connectivity index is 1.84. The Labute approximate surface area is 138 Å². The van der Waals surface area contributed by atoms with Crippen LogP contribution in [0.25, 0.3) is 11.0 Å². The highest BCUT2D eigenvalue weighted by Crippen LogP contribution is 2.30. The second-order valence-electron chi connectivity index (χ2n) is 5.68. The molecule has 2 aromatic rings. The number of hydrogen-bond acceptors (Lipinski definition) is 6. The Morgan fingerprint density at radius 2 is 2.25 bits per heavy atom. The van der Waals surface area contributed by atoms with Crippen LogP contribution in [0.5, 0.6) is 5.75 Å². The second-order valence-corrected chi connectivity index (χ2v) is 5.68. The number of nitrogens with zero attached hydrogens (tertiary/aromatic N) is 1. The van der Waals surface area contributed by atoms with Crippen LogP contribution in [0.2, 0.25) is 0 Å². The summed E-state index contributed by atoms with van der Waals surface area (Å²) in [6, 6.07) is 4.91. The number of imidazole rings is 1. The second kappa shape index (κ2) is 6.88. The largest absolute Gasteiger partial charge is 0.465 e. The van der Waals surface area contributed by atoms with Crippen molar-refractivity contribution < 1.29 is 19.1 Å². The molecule has 0 saturated carbocycles. The number of carbonyl (C=O) groups is 2. The van der Waals surface area contributed by atoms with Crippen molar-refractivity contribution in [1.82, 2.24) is 15.3 Å². The van der Waals surface area contributed by atoms with Crippen molar-refractivity contribution in [3.63, 3.8) is 0 Å². The number of benzene rings is 1. The number of fused-ring (bicyclic) bond motifs is 1. The van der Waals surface area contributed by atoms with Gasteiger partial charge in [-0.25, -0.2) is 9.78 Å². The number of amides is 1. The maximum atomic E-state index is 11.9. The zero-order chi connectivity index (χ0) is 17.1. The van der Waals surface area contributed by atoms with Crippen LogP contribution in [0, 0.1) is 0 Å². The van der Waals surface area contributed by atoms with Gasteiger partial charge in [-0.15, -0.1) is 0 Å². The number of nitrogens with one attached hydrogen (secondary N) is 2. The molecule has 3 rings (SSSR count). The molecule has 1 aliphatic rings. The van der Waals surface area contributed by atoms with Crippen molar-refractivity contribution in [1.29, 1.82) is 0 Å². The Kier molecular flexibility index (Phi) is 4.66. The highest BCUT2D eigenvalue weighted by Gasteiger charge is 2.30. The Morgan fingerprint density at radius 3 is 3.00 bits per heavy atom. The van der Waals surface area contributed by atoms with Crippen LogP contribution in [0.3, 0.4) is 0 Å². The van der Waals surface area contributed by atoms with Crippen molar-refractivity contribution in [2.45, 2.75) is 31.7 Å². The number of nitrogens with two attached hydrogens (primary N) is 1. The Hall–Kier alpha value is -2.61. The van der Waals surface area contributed by atoms with Crippen molar-refractivity contribution in [2.75, 3.05) is 13.2 Å². The topological polar surface area (TPSA) is 119 Å². The molecule has 1 aliphatic heterocycles. The number of esters is 1. The number of ether oxygens (including phenoxy) is 2. The molecular weight excluding hydrogens is 312 g/mol. The van der Waals surface area contributed by atoms with Gasteiger partial charge < -0.3 is 25.5 Å². The van der Waals surface area contributed by atoms with Gasteiger partial charge in [0.05, 0.1) is 12.1 Å². The summed E-state index contributed by atoms with van der Waals surface area (Å²) in [6.45, 7) is 2.85. The van der Waals surface area contributed by atoms with E-state index in [1.165, 1.54) is 0 Å². The quantitative estimate of drug-likeness (QED) is 0.728. The first-order valence-electron chi connectivity index (χ1n) is 7.94. The van der Waals surface area contributed by atoms with Crippen LogP contribution < -0.4 is 15.8 Å². The molecule has 1 saturated heterocycles. The molecule has 0 radical (unpaired) electrons. The van der Waals surface area contributed by atoms with Crippen molar-refractivity contribution >= 4 is 23.1 Å². The van der Waals surface area contributed by atoms with E-state index in [1.54, 1.807) is 19.1 Å². The van der Waals surface area contributed by atoms with Crippen molar-refractivity contribution in [2.24, 2.45) is 5.73 Å². The summed E-state index contributed by atoms with van der Waals surface area (Å²) in [7, 11) is 0. The summed E-state index contributed by atoms with van der Waals surface area (Å²) >= 11 is 0. The number of para-hydroxylation sites is 1. The summed E-state index contributed by atoms with van der Waals surface area (Å²) in [5, 5.41) is 3.17. The fraction of sp³-hybridized carbons (Fsp3) is 0.438. The van der Waals surface area contributed by atoms with Gasteiger partial charge in [-0.2, -0.15) is 0 Å². The lowest BCUT2D eigenvalue weighted by molar-refractivity contribution is -0.146. The molecule has 24 heavy (non-hydrogen) atoms. The molecule has 2 atom stereocenters. The number of H-pyrrole nitrogens is 1. The third-order valence-corrected chi connectivity index (χ3v) is 4.07. The summed E-state index contributed by atoms with van der Waals surface area (Å²) < 4.78 is 10.1. The van der Waals surface area contributed by atoms with E-state index in [4.69, 9.17) is 15.2 Å². The van der Waals surface area contributed by atoms with Gasteiger partial charge in [0.1, 0.15) is 17.4 Å². The predicted molar refractivity (Wildman–Crippen MR) is 86.7 cm³/mol. The van der Waals surface area contributed by atoms with Gasteiger partial charge in [0.2, 0.25) is 0 Å². The molecule has 0 bridgehead atoms. The SMILES string of the molecule is CCOC(=O)C1CC(c2nc3c(OC(N)=O)cccc3[nH]2)CCN1. The number of piperidine rings is 1. The van der Waals surface area contributed by atoms with Crippen molar-refractivity contribution in [3.8, 4) is 5.75 Å². The molecule has 0 spiro atoms. The molecule has 2 unspecified atom stereocenters. The lowest BCUT2D eigenvalue weighted by Crippen LogP contribution is -2.44. The third kappa shape index (κ3) is 3.33. The van der Waals surface area contributed by atoms with Crippen LogP contribution in [-0.4, -0.2) is 41.2 Å². The van der Waals surface area contributed by atoms with E-state index in [0.29, 0.717) is 30.8 Å². The maximum Gasteiger partial charge on any atom is 0.410 e. The van der Waals surface area contributed by atoms with E-state index in [0.717, 1.165) is 17.8 Å². The average Bonchev–Trinajstić information content (AvgIpc) is 3.00. The van der Waals surface area contributed by atoms with E-state index in [2.05, 4.69) is 15.3 Å². The molecule has 8 nitrogen and oxygen atoms in total. The maximum absolute atomic E-state index is 11.9. The molecule has 8 heteroatoms. The summed E-state index contributed by atoms with van der Waals surface area (Å²) in [6.07, 6.45) is 0.572. The standard InChI is InChI=1S/C16H20N4O4/c1-2-23-15(21)11-8-9(6-7-18-11)14-19-10-4-3-5-12(13(10)20-14)24-16(17)22/h3-5,9,11,18H,2,6-8H2,1H3,(H2,17,22)(H,19,20). The van der Waals surface area contributed by atoms with E-state index in [9.17, 15) is 9.59 Å². The van der Waals surface area contributed by atoms with Crippen LogP contribution in [0.4, 0.5) is 4.79 Å². The molecule has 1 aromatic heterocycles. The molecule has 128 valence electrons. The molecular formula is C16H20N4O4. The minimum atomic E-state index is -0.878. The lowest BCUT2D eigenvalue weighted by atomic mass is 9.92. The Bertz CT molecular complexity index is 758. The molecule has 1 aromatic carbocycles. The third-order valence-electron chi connectivity index (χ3n) is 4.07. The predicted octanol–water partition coefficient (Wildman–Crippen LogP) is 1.42. The number of rotatable bonds is 4. The smallest absolute Gasteiger partial charge is 0.410 e. The Morgan fingerprint density at radius 1 is 1.42 bits per heavy atom. The van der Waals surface area contributed by atoms with Gasteiger partial charge in [0.25, 0.3) is 0 Å². The molecule has 2 heterocycles. The number of aromatic amines is 1. The average molecular weight is 332 g/mol. The fourth-order valence-corrected chi connectivity index (χ4v) is 3.00. The van der Waals surface area contributed by atoms with Gasteiger partial charge in [-0.05, 0) is 38.4 Å². The zero-order valence-corrected chi connectivity index (χ0v) is 13.4. The van der Waals surface area contributed by atoms with Gasteiger partial charge in [0.15, 0.2) is 5.75 Å². The highest BCUT2D eigenvalue weighted by atomic mass is 16.5. The van der Waals surface area contributed by atoms with Gasteiger partial charge >= 0.3 is 12.1 Å². The molecule has 1 amide bonds. The first kappa shape index (κ1) is 16.3. The number of aromatic nitrogens is 2.